The van der Waals surface area contributed by atoms with E-state index in [2.05, 4.69) is 0 Å². The zero-order valence-electron chi connectivity index (χ0n) is 10.6. The maximum atomic E-state index is 14.0. The van der Waals surface area contributed by atoms with Crippen molar-refractivity contribution in [3.63, 3.8) is 0 Å². The van der Waals surface area contributed by atoms with E-state index in [1.165, 1.54) is 6.07 Å². The first-order chi connectivity index (χ1) is 8.59. The Labute approximate surface area is 106 Å². The third-order valence-corrected chi connectivity index (χ3v) is 2.86. The molecule has 1 atom stereocenters. The van der Waals surface area contributed by atoms with E-state index in [1.807, 2.05) is 37.1 Å². The van der Waals surface area contributed by atoms with E-state index in [1.54, 1.807) is 12.3 Å². The maximum absolute atomic E-state index is 14.0. The highest BCUT2D eigenvalue weighted by atomic mass is 19.1. The van der Waals surface area contributed by atoms with E-state index in [-0.39, 0.29) is 11.9 Å². The Morgan fingerprint density at radius 3 is 2.72 bits per heavy atom. The van der Waals surface area contributed by atoms with Crippen molar-refractivity contribution in [2.75, 3.05) is 11.9 Å². The fraction of sp³-hybridized carbons (Fsp3) is 0.286. The summed E-state index contributed by atoms with van der Waals surface area (Å²) >= 11 is 0. The summed E-state index contributed by atoms with van der Waals surface area (Å²) in [5.74, 6) is 0.523. The Balaban J connectivity index is 2.31. The molecule has 96 valence electrons. The van der Waals surface area contributed by atoms with Gasteiger partial charge in [-0.25, -0.2) is 4.39 Å². The smallest absolute Gasteiger partial charge is 0.146 e. The topological polar surface area (TPSA) is 42.4 Å². The zero-order chi connectivity index (χ0) is 13.1. The molecule has 2 N–H and O–H groups in total. The molecule has 0 fully saturated rings. The fourth-order valence-corrected chi connectivity index (χ4v) is 2.02. The summed E-state index contributed by atoms with van der Waals surface area (Å²) in [5, 5.41) is 0. The van der Waals surface area contributed by atoms with Gasteiger partial charge in [-0.05, 0) is 30.7 Å². The van der Waals surface area contributed by atoms with Crippen molar-refractivity contribution in [1.29, 1.82) is 0 Å². The van der Waals surface area contributed by atoms with Crippen molar-refractivity contribution in [2.45, 2.75) is 19.5 Å². The van der Waals surface area contributed by atoms with Crippen LogP contribution in [0.1, 0.15) is 24.3 Å². The first-order valence-corrected chi connectivity index (χ1v) is 5.87. The molecule has 2 rings (SSSR count). The van der Waals surface area contributed by atoms with Crippen LogP contribution in [-0.2, 0) is 6.54 Å². The number of nitrogens with two attached hydrogens (primary N) is 1. The summed E-state index contributed by atoms with van der Waals surface area (Å²) in [6.07, 6.45) is 1.61. The predicted octanol–water partition coefficient (Wildman–Crippen LogP) is 3.07. The third-order valence-electron chi connectivity index (χ3n) is 2.86. The predicted molar refractivity (Wildman–Crippen MR) is 69.8 cm³/mol. The number of nitrogens with zero attached hydrogens (tertiary/aromatic N) is 1. The molecule has 1 aromatic heterocycles. The molecule has 0 aliphatic heterocycles. The van der Waals surface area contributed by atoms with Gasteiger partial charge in [0.05, 0.1) is 18.5 Å². The lowest BCUT2D eigenvalue weighted by Crippen LogP contribution is -2.21. The molecule has 0 saturated carbocycles. The number of anilines is 1. The third kappa shape index (κ3) is 2.54. The van der Waals surface area contributed by atoms with Crippen LogP contribution in [0.4, 0.5) is 10.1 Å². The molecule has 1 heterocycles. The SMILES string of the molecule is C[C@@H](N)c1cccc(F)c1N(C)Cc1ccco1. The highest BCUT2D eigenvalue weighted by molar-refractivity contribution is 5.55. The summed E-state index contributed by atoms with van der Waals surface area (Å²) in [5.41, 5.74) is 7.20. The summed E-state index contributed by atoms with van der Waals surface area (Å²) in [7, 11) is 1.83. The minimum atomic E-state index is -0.265. The highest BCUT2D eigenvalue weighted by Gasteiger charge is 2.16. The van der Waals surface area contributed by atoms with Crippen molar-refractivity contribution in [3.8, 4) is 0 Å². The standard InChI is InChI=1S/C14H17FN2O/c1-10(16)12-6-3-7-13(15)14(12)17(2)9-11-5-4-8-18-11/h3-8,10H,9,16H2,1-2H3/t10-/m1/s1. The molecular formula is C14H17FN2O. The Kier molecular flexibility index (Phi) is 3.67. The number of benzene rings is 1. The van der Waals surface area contributed by atoms with Gasteiger partial charge in [0.1, 0.15) is 11.6 Å². The van der Waals surface area contributed by atoms with Crippen LogP contribution in [0, 0.1) is 5.82 Å². The number of hydrogen-bond donors (Lipinski definition) is 1. The van der Waals surface area contributed by atoms with Gasteiger partial charge in [0.2, 0.25) is 0 Å². The van der Waals surface area contributed by atoms with Gasteiger partial charge in [-0.3, -0.25) is 0 Å². The molecule has 18 heavy (non-hydrogen) atoms. The highest BCUT2D eigenvalue weighted by Crippen LogP contribution is 2.28. The van der Waals surface area contributed by atoms with Gasteiger partial charge < -0.3 is 15.1 Å². The lowest BCUT2D eigenvalue weighted by atomic mass is 10.1. The van der Waals surface area contributed by atoms with Crippen LogP contribution in [-0.4, -0.2) is 7.05 Å². The summed E-state index contributed by atoms with van der Waals surface area (Å²) < 4.78 is 19.2. The van der Waals surface area contributed by atoms with Gasteiger partial charge in [-0.1, -0.05) is 12.1 Å². The fourth-order valence-electron chi connectivity index (χ4n) is 2.02. The Morgan fingerprint density at radius 1 is 1.33 bits per heavy atom. The average molecular weight is 248 g/mol. The van der Waals surface area contributed by atoms with Crippen LogP contribution in [0.2, 0.25) is 0 Å². The number of rotatable bonds is 4. The number of halogens is 1. The molecule has 0 bridgehead atoms. The van der Waals surface area contributed by atoms with Crippen LogP contribution in [0.25, 0.3) is 0 Å². The maximum Gasteiger partial charge on any atom is 0.146 e. The molecule has 0 saturated heterocycles. The van der Waals surface area contributed by atoms with Gasteiger partial charge >= 0.3 is 0 Å². The van der Waals surface area contributed by atoms with Crippen molar-refractivity contribution < 1.29 is 8.81 Å². The Bertz CT molecular complexity index is 509. The molecule has 2 aromatic rings. The molecule has 0 unspecified atom stereocenters. The molecule has 0 amide bonds. The van der Waals surface area contributed by atoms with Gasteiger partial charge in [0.25, 0.3) is 0 Å². The van der Waals surface area contributed by atoms with E-state index in [9.17, 15) is 4.39 Å². The van der Waals surface area contributed by atoms with Crippen molar-refractivity contribution in [2.24, 2.45) is 5.73 Å². The lowest BCUT2D eigenvalue weighted by Gasteiger charge is -2.23. The van der Waals surface area contributed by atoms with Crippen LogP contribution < -0.4 is 10.6 Å². The molecule has 0 spiro atoms. The van der Waals surface area contributed by atoms with Gasteiger partial charge in [-0.15, -0.1) is 0 Å². The summed E-state index contributed by atoms with van der Waals surface area (Å²) in [4.78, 5) is 1.81. The largest absolute Gasteiger partial charge is 0.467 e. The zero-order valence-corrected chi connectivity index (χ0v) is 10.6. The quantitative estimate of drug-likeness (QED) is 0.904. The minimum absolute atomic E-state index is 0.213. The van der Waals surface area contributed by atoms with Crippen LogP contribution >= 0.6 is 0 Å². The van der Waals surface area contributed by atoms with E-state index < -0.39 is 0 Å². The molecule has 3 nitrogen and oxygen atoms in total. The number of para-hydroxylation sites is 1. The molecule has 0 aliphatic carbocycles. The minimum Gasteiger partial charge on any atom is -0.467 e. The molecule has 1 aromatic carbocycles. The van der Waals surface area contributed by atoms with Crippen LogP contribution in [0.5, 0.6) is 0 Å². The van der Waals surface area contributed by atoms with Gasteiger partial charge in [0, 0.05) is 13.1 Å². The van der Waals surface area contributed by atoms with Gasteiger partial charge in [-0.2, -0.15) is 0 Å². The van der Waals surface area contributed by atoms with E-state index in [4.69, 9.17) is 10.2 Å². The second kappa shape index (κ2) is 5.23. The monoisotopic (exact) mass is 248 g/mol. The first kappa shape index (κ1) is 12.6. The van der Waals surface area contributed by atoms with Crippen molar-refractivity contribution >= 4 is 5.69 Å². The Morgan fingerprint density at radius 2 is 2.11 bits per heavy atom. The van der Waals surface area contributed by atoms with Crippen LogP contribution in [0.15, 0.2) is 41.0 Å². The number of hydrogen-bond acceptors (Lipinski definition) is 3. The second-order valence-corrected chi connectivity index (χ2v) is 4.40. The van der Waals surface area contributed by atoms with Crippen LogP contribution in [0.3, 0.4) is 0 Å². The summed E-state index contributed by atoms with van der Waals surface area (Å²) in [6.45, 7) is 2.35. The molecular weight excluding hydrogens is 231 g/mol. The average Bonchev–Trinajstić information content (AvgIpc) is 2.81. The Hall–Kier alpha value is -1.81. The molecule has 4 heteroatoms. The van der Waals surface area contributed by atoms with Crippen molar-refractivity contribution in [1.82, 2.24) is 0 Å². The molecule has 0 radical (unpaired) electrons. The van der Waals surface area contributed by atoms with E-state index >= 15 is 0 Å². The van der Waals surface area contributed by atoms with Crippen molar-refractivity contribution in [3.05, 3.63) is 53.7 Å². The lowest BCUT2D eigenvalue weighted by molar-refractivity contribution is 0.505. The van der Waals surface area contributed by atoms with E-state index in [0.29, 0.717) is 12.2 Å². The second-order valence-electron chi connectivity index (χ2n) is 4.40. The first-order valence-electron chi connectivity index (χ1n) is 5.87. The number of furan rings is 1. The van der Waals surface area contributed by atoms with Gasteiger partial charge in [0.15, 0.2) is 0 Å². The summed E-state index contributed by atoms with van der Waals surface area (Å²) in [6, 6.07) is 8.44. The molecule has 0 aliphatic rings. The van der Waals surface area contributed by atoms with E-state index in [0.717, 1.165) is 11.3 Å². The normalized spacial score (nSPS) is 12.4.